The number of pyridine rings is 1. The van der Waals surface area contributed by atoms with Crippen LogP contribution in [0.5, 0.6) is 0 Å². The van der Waals surface area contributed by atoms with Crippen molar-refractivity contribution in [2.75, 3.05) is 0 Å². The van der Waals surface area contributed by atoms with Crippen LogP contribution in [0, 0.1) is 6.92 Å². The van der Waals surface area contributed by atoms with E-state index in [9.17, 15) is 0 Å². The number of rotatable bonds is 5. The van der Waals surface area contributed by atoms with Gasteiger partial charge in [0.25, 0.3) is 0 Å². The number of hydrogen-bond acceptors (Lipinski definition) is 3. The Morgan fingerprint density at radius 2 is 2.40 bits per heavy atom. The summed E-state index contributed by atoms with van der Waals surface area (Å²) in [7, 11) is 0. The summed E-state index contributed by atoms with van der Waals surface area (Å²) >= 11 is 0. The molecular formula is C12H19N3. The van der Waals surface area contributed by atoms with Crippen molar-refractivity contribution in [3.63, 3.8) is 0 Å². The van der Waals surface area contributed by atoms with Gasteiger partial charge in [0.2, 0.25) is 0 Å². The van der Waals surface area contributed by atoms with Gasteiger partial charge in [0.05, 0.1) is 11.7 Å². The van der Waals surface area contributed by atoms with Crippen LogP contribution in [0.2, 0.25) is 0 Å². The number of allylic oxidation sites excluding steroid dienone is 1. The van der Waals surface area contributed by atoms with Gasteiger partial charge in [-0.25, -0.2) is 0 Å². The zero-order chi connectivity index (χ0) is 11.3. The third-order valence-corrected chi connectivity index (χ3v) is 2.44. The summed E-state index contributed by atoms with van der Waals surface area (Å²) in [6, 6.07) is 4.10. The summed E-state index contributed by atoms with van der Waals surface area (Å²) in [6.45, 7) is 7.96. The van der Waals surface area contributed by atoms with Crippen LogP contribution < -0.4 is 11.3 Å². The topological polar surface area (TPSA) is 50.9 Å². The molecule has 0 aliphatic heterocycles. The summed E-state index contributed by atoms with van der Waals surface area (Å²) in [5.41, 5.74) is 6.18. The number of nitrogens with zero attached hydrogens (tertiary/aromatic N) is 1. The van der Waals surface area contributed by atoms with Crippen LogP contribution in [0.1, 0.15) is 37.1 Å². The molecule has 0 spiro atoms. The Morgan fingerprint density at radius 3 is 2.93 bits per heavy atom. The van der Waals surface area contributed by atoms with Crippen molar-refractivity contribution >= 4 is 0 Å². The second-order valence-corrected chi connectivity index (χ2v) is 3.92. The summed E-state index contributed by atoms with van der Waals surface area (Å²) in [5, 5.41) is 0. The fourth-order valence-electron chi connectivity index (χ4n) is 1.55. The van der Waals surface area contributed by atoms with Crippen molar-refractivity contribution in [2.45, 2.75) is 32.7 Å². The number of hydrogen-bond donors (Lipinski definition) is 2. The minimum absolute atomic E-state index is 0.114. The Kier molecular flexibility index (Phi) is 4.46. The van der Waals surface area contributed by atoms with Crippen LogP contribution in [0.4, 0.5) is 0 Å². The maximum absolute atomic E-state index is 5.54. The number of hydrazine groups is 1. The second kappa shape index (κ2) is 5.63. The van der Waals surface area contributed by atoms with Crippen LogP contribution in [-0.4, -0.2) is 4.98 Å². The van der Waals surface area contributed by atoms with Crippen LogP contribution in [0.25, 0.3) is 0 Å². The highest BCUT2D eigenvalue weighted by atomic mass is 15.2. The largest absolute Gasteiger partial charge is 0.271 e. The summed E-state index contributed by atoms with van der Waals surface area (Å²) in [4.78, 5) is 4.36. The molecule has 1 heterocycles. The monoisotopic (exact) mass is 205 g/mol. The summed E-state index contributed by atoms with van der Waals surface area (Å²) in [5.74, 6) is 5.54. The lowest BCUT2D eigenvalue weighted by molar-refractivity contribution is 0.501. The molecule has 1 unspecified atom stereocenters. The van der Waals surface area contributed by atoms with Gasteiger partial charge >= 0.3 is 0 Å². The SMILES string of the molecule is C=C(C)CCC(NN)c1ncccc1C. The first-order valence-electron chi connectivity index (χ1n) is 5.17. The Balaban J connectivity index is 2.74. The number of nitrogens with two attached hydrogens (primary N) is 1. The smallest absolute Gasteiger partial charge is 0.0637 e. The van der Waals surface area contributed by atoms with Crippen molar-refractivity contribution in [3.05, 3.63) is 41.7 Å². The molecule has 0 saturated heterocycles. The first-order valence-corrected chi connectivity index (χ1v) is 5.17. The van der Waals surface area contributed by atoms with Crippen molar-refractivity contribution < 1.29 is 0 Å². The normalized spacial score (nSPS) is 12.5. The van der Waals surface area contributed by atoms with Gasteiger partial charge < -0.3 is 0 Å². The summed E-state index contributed by atoms with van der Waals surface area (Å²) < 4.78 is 0. The molecule has 3 N–H and O–H groups in total. The first-order chi connectivity index (χ1) is 7.15. The van der Waals surface area contributed by atoms with Crippen molar-refractivity contribution in [3.8, 4) is 0 Å². The van der Waals surface area contributed by atoms with E-state index < -0.39 is 0 Å². The molecule has 0 fully saturated rings. The van der Waals surface area contributed by atoms with E-state index in [1.54, 1.807) is 6.20 Å². The Morgan fingerprint density at radius 1 is 1.67 bits per heavy atom. The lowest BCUT2D eigenvalue weighted by Crippen LogP contribution is -2.29. The third-order valence-electron chi connectivity index (χ3n) is 2.44. The molecule has 82 valence electrons. The van der Waals surface area contributed by atoms with Gasteiger partial charge in [-0.05, 0) is 38.3 Å². The molecule has 1 aromatic heterocycles. The zero-order valence-corrected chi connectivity index (χ0v) is 9.46. The van der Waals surface area contributed by atoms with Crippen LogP contribution in [-0.2, 0) is 0 Å². The standard InChI is InChI=1S/C12H19N3/c1-9(2)6-7-11(15-13)12-10(3)5-4-8-14-12/h4-5,8,11,15H,1,6-7,13H2,2-3H3. The maximum atomic E-state index is 5.54. The van der Waals surface area contributed by atoms with E-state index in [1.165, 1.54) is 11.1 Å². The van der Waals surface area contributed by atoms with Gasteiger partial charge in [0.15, 0.2) is 0 Å². The van der Waals surface area contributed by atoms with Crippen LogP contribution in [0.15, 0.2) is 30.5 Å². The van der Waals surface area contributed by atoms with Crippen LogP contribution in [0.3, 0.4) is 0 Å². The van der Waals surface area contributed by atoms with Crippen molar-refractivity contribution in [2.24, 2.45) is 5.84 Å². The van der Waals surface area contributed by atoms with Crippen molar-refractivity contribution in [1.82, 2.24) is 10.4 Å². The summed E-state index contributed by atoms with van der Waals surface area (Å²) in [6.07, 6.45) is 3.70. The van der Waals surface area contributed by atoms with Gasteiger partial charge in [-0.2, -0.15) is 0 Å². The third kappa shape index (κ3) is 3.46. The quantitative estimate of drug-likeness (QED) is 0.440. The molecule has 3 nitrogen and oxygen atoms in total. The lowest BCUT2D eigenvalue weighted by Gasteiger charge is -2.17. The van der Waals surface area contributed by atoms with Gasteiger partial charge in [0.1, 0.15) is 0 Å². The number of nitrogens with one attached hydrogen (secondary N) is 1. The van der Waals surface area contributed by atoms with E-state index in [0.29, 0.717) is 0 Å². The second-order valence-electron chi connectivity index (χ2n) is 3.92. The number of aryl methyl sites for hydroxylation is 1. The highest BCUT2D eigenvalue weighted by molar-refractivity contribution is 5.21. The fourth-order valence-corrected chi connectivity index (χ4v) is 1.55. The average molecular weight is 205 g/mol. The highest BCUT2D eigenvalue weighted by Crippen LogP contribution is 2.20. The molecule has 3 heteroatoms. The van der Waals surface area contributed by atoms with E-state index in [2.05, 4.69) is 17.0 Å². The van der Waals surface area contributed by atoms with Gasteiger partial charge in [-0.15, -0.1) is 6.58 Å². The molecule has 0 bridgehead atoms. The molecule has 0 radical (unpaired) electrons. The van der Waals surface area contributed by atoms with Gasteiger partial charge in [-0.3, -0.25) is 16.3 Å². The van der Waals surface area contributed by atoms with E-state index in [-0.39, 0.29) is 6.04 Å². The van der Waals surface area contributed by atoms with Gasteiger partial charge in [-0.1, -0.05) is 11.6 Å². The molecule has 0 aromatic carbocycles. The molecule has 1 rings (SSSR count). The highest BCUT2D eigenvalue weighted by Gasteiger charge is 2.12. The van der Waals surface area contributed by atoms with E-state index in [0.717, 1.165) is 18.5 Å². The fraction of sp³-hybridized carbons (Fsp3) is 0.417. The minimum atomic E-state index is 0.114. The molecule has 15 heavy (non-hydrogen) atoms. The van der Waals surface area contributed by atoms with Gasteiger partial charge in [0, 0.05) is 6.20 Å². The predicted molar refractivity (Wildman–Crippen MR) is 63.1 cm³/mol. The predicted octanol–water partition coefficient (Wildman–Crippen LogP) is 2.25. The Bertz CT molecular complexity index is 333. The molecule has 0 saturated carbocycles. The zero-order valence-electron chi connectivity index (χ0n) is 9.46. The average Bonchev–Trinajstić information content (AvgIpc) is 2.21. The Hall–Kier alpha value is -1.19. The van der Waals surface area contributed by atoms with E-state index in [1.807, 2.05) is 26.0 Å². The van der Waals surface area contributed by atoms with E-state index in [4.69, 9.17) is 5.84 Å². The molecule has 0 amide bonds. The number of aromatic nitrogens is 1. The van der Waals surface area contributed by atoms with Crippen LogP contribution >= 0.6 is 0 Å². The maximum Gasteiger partial charge on any atom is 0.0637 e. The lowest BCUT2D eigenvalue weighted by atomic mass is 10.0. The first kappa shape index (κ1) is 11.9. The Labute approximate surface area is 91.4 Å². The minimum Gasteiger partial charge on any atom is -0.271 e. The van der Waals surface area contributed by atoms with E-state index >= 15 is 0 Å². The molecular weight excluding hydrogens is 186 g/mol. The molecule has 0 aliphatic rings. The molecule has 1 atom stereocenters. The van der Waals surface area contributed by atoms with Crippen molar-refractivity contribution in [1.29, 1.82) is 0 Å². The molecule has 0 aliphatic carbocycles. The molecule has 1 aromatic rings.